The lowest BCUT2D eigenvalue weighted by Crippen LogP contribution is -1.87. The molecule has 0 unspecified atom stereocenters. The van der Waals surface area contributed by atoms with Crippen molar-refractivity contribution in [1.82, 2.24) is 9.97 Å². The van der Waals surface area contributed by atoms with Crippen molar-refractivity contribution in [3.63, 3.8) is 0 Å². The van der Waals surface area contributed by atoms with Crippen LogP contribution in [0.15, 0.2) is 34.8 Å². The van der Waals surface area contributed by atoms with Gasteiger partial charge in [-0.3, -0.25) is 0 Å². The molecule has 0 saturated heterocycles. The van der Waals surface area contributed by atoms with Crippen LogP contribution in [-0.4, -0.2) is 9.97 Å². The molecule has 3 aromatic rings. The van der Waals surface area contributed by atoms with E-state index >= 15 is 0 Å². The van der Waals surface area contributed by atoms with Crippen molar-refractivity contribution in [2.75, 3.05) is 5.73 Å². The highest BCUT2D eigenvalue weighted by molar-refractivity contribution is 9.10. The Balaban J connectivity index is 2.20. The van der Waals surface area contributed by atoms with Crippen LogP contribution in [0, 0.1) is 5.82 Å². The third kappa shape index (κ3) is 2.31. The number of benzene rings is 2. The number of aromatic nitrogens is 2. The molecule has 3 rings (SSSR count). The summed E-state index contributed by atoms with van der Waals surface area (Å²) in [5, 5.41) is 0.530. The highest BCUT2D eigenvalue weighted by atomic mass is 79.9. The third-order valence-corrected chi connectivity index (χ3v) is 3.54. The molecule has 0 fully saturated rings. The first kappa shape index (κ1) is 12.4. The van der Waals surface area contributed by atoms with Crippen LogP contribution in [-0.2, 0) is 0 Å². The normalized spacial score (nSPS) is 11.1. The van der Waals surface area contributed by atoms with E-state index < -0.39 is 0 Å². The molecule has 1 aromatic heterocycles. The van der Waals surface area contributed by atoms with Gasteiger partial charge in [0, 0.05) is 22.3 Å². The van der Waals surface area contributed by atoms with Crippen LogP contribution < -0.4 is 5.73 Å². The Hall–Kier alpha value is -1.59. The van der Waals surface area contributed by atoms with Gasteiger partial charge >= 0.3 is 0 Å². The molecule has 0 aliphatic heterocycles. The summed E-state index contributed by atoms with van der Waals surface area (Å²) in [7, 11) is 0. The monoisotopic (exact) mass is 339 g/mol. The van der Waals surface area contributed by atoms with Crippen LogP contribution in [0.2, 0.25) is 5.02 Å². The number of nitrogens with one attached hydrogen (secondary N) is 1. The SMILES string of the molecule is Nc1cc(Cl)cc(-c2nc3cc(Br)c(F)cc3[nH]2)c1. The molecule has 6 heteroatoms. The number of imidazole rings is 1. The molecule has 19 heavy (non-hydrogen) atoms. The van der Waals surface area contributed by atoms with E-state index in [0.717, 1.165) is 5.56 Å². The molecule has 2 aromatic carbocycles. The van der Waals surface area contributed by atoms with Crippen LogP contribution in [0.3, 0.4) is 0 Å². The fraction of sp³-hybridized carbons (Fsp3) is 0. The van der Waals surface area contributed by atoms with Gasteiger partial charge in [0.25, 0.3) is 0 Å². The average Bonchev–Trinajstić information content (AvgIpc) is 2.71. The molecule has 0 atom stereocenters. The summed E-state index contributed by atoms with van der Waals surface area (Å²) in [6, 6.07) is 8.18. The zero-order chi connectivity index (χ0) is 13.6. The van der Waals surface area contributed by atoms with Gasteiger partial charge in [-0.05, 0) is 40.2 Å². The van der Waals surface area contributed by atoms with E-state index in [2.05, 4.69) is 25.9 Å². The van der Waals surface area contributed by atoms with Crippen molar-refractivity contribution in [3.8, 4) is 11.4 Å². The van der Waals surface area contributed by atoms with E-state index in [0.29, 0.717) is 32.0 Å². The van der Waals surface area contributed by atoms with Gasteiger partial charge in [0.1, 0.15) is 11.6 Å². The molecular weight excluding hydrogens is 333 g/mol. The first-order chi connectivity index (χ1) is 9.02. The number of halogens is 3. The number of rotatable bonds is 1. The summed E-state index contributed by atoms with van der Waals surface area (Å²) in [5.74, 6) is 0.259. The van der Waals surface area contributed by atoms with Gasteiger partial charge < -0.3 is 10.7 Å². The second-order valence-electron chi connectivity index (χ2n) is 4.14. The van der Waals surface area contributed by atoms with Gasteiger partial charge in [0.2, 0.25) is 0 Å². The van der Waals surface area contributed by atoms with Gasteiger partial charge in [0.15, 0.2) is 0 Å². The standard InChI is InChI=1S/C13H8BrClFN3/c14-9-4-11-12(5-10(9)16)19-13(18-11)6-1-7(15)3-8(17)2-6/h1-5H,17H2,(H,18,19). The Morgan fingerprint density at radius 1 is 1.21 bits per heavy atom. The minimum Gasteiger partial charge on any atom is -0.399 e. The number of H-pyrrole nitrogens is 1. The highest BCUT2D eigenvalue weighted by Gasteiger charge is 2.09. The number of aromatic amines is 1. The molecule has 0 radical (unpaired) electrons. The molecule has 0 bridgehead atoms. The lowest BCUT2D eigenvalue weighted by atomic mass is 10.2. The summed E-state index contributed by atoms with van der Waals surface area (Å²) in [6.07, 6.45) is 0. The maximum Gasteiger partial charge on any atom is 0.139 e. The number of hydrogen-bond donors (Lipinski definition) is 2. The predicted molar refractivity (Wildman–Crippen MR) is 78.6 cm³/mol. The maximum absolute atomic E-state index is 13.5. The van der Waals surface area contributed by atoms with Gasteiger partial charge in [-0.15, -0.1) is 0 Å². The van der Waals surface area contributed by atoms with Gasteiger partial charge in [0.05, 0.1) is 15.5 Å². The summed E-state index contributed by atoms with van der Waals surface area (Å²) >= 11 is 9.10. The molecule has 3 N–H and O–H groups in total. The largest absolute Gasteiger partial charge is 0.399 e. The first-order valence-corrected chi connectivity index (χ1v) is 6.61. The Morgan fingerprint density at radius 2 is 2.00 bits per heavy atom. The molecule has 0 saturated carbocycles. The fourth-order valence-corrected chi connectivity index (χ4v) is 2.47. The third-order valence-electron chi connectivity index (χ3n) is 2.72. The predicted octanol–water partition coefficient (Wildman–Crippen LogP) is 4.37. The lowest BCUT2D eigenvalue weighted by molar-refractivity contribution is 0.623. The smallest absolute Gasteiger partial charge is 0.139 e. The van der Waals surface area contributed by atoms with Crippen LogP contribution in [0.1, 0.15) is 0 Å². The number of nitrogen functional groups attached to an aromatic ring is 1. The number of anilines is 1. The van der Waals surface area contributed by atoms with E-state index in [1.165, 1.54) is 6.07 Å². The number of nitrogens with two attached hydrogens (primary N) is 1. The van der Waals surface area contributed by atoms with Gasteiger partial charge in [-0.2, -0.15) is 0 Å². The van der Waals surface area contributed by atoms with Gasteiger partial charge in [-0.25, -0.2) is 9.37 Å². The van der Waals surface area contributed by atoms with Crippen molar-refractivity contribution in [2.45, 2.75) is 0 Å². The molecule has 0 aliphatic carbocycles. The zero-order valence-electron chi connectivity index (χ0n) is 9.55. The molecule has 3 nitrogen and oxygen atoms in total. The van der Waals surface area contributed by atoms with Crippen molar-refractivity contribution < 1.29 is 4.39 Å². The van der Waals surface area contributed by atoms with Gasteiger partial charge in [-0.1, -0.05) is 11.6 Å². The Labute approximate surface area is 121 Å². The summed E-state index contributed by atoms with van der Waals surface area (Å²) < 4.78 is 13.8. The van der Waals surface area contributed by atoms with Crippen molar-refractivity contribution in [1.29, 1.82) is 0 Å². The highest BCUT2D eigenvalue weighted by Crippen LogP contribution is 2.28. The van der Waals surface area contributed by atoms with Crippen LogP contribution >= 0.6 is 27.5 Å². The second-order valence-corrected chi connectivity index (χ2v) is 5.43. The van der Waals surface area contributed by atoms with Crippen molar-refractivity contribution >= 4 is 44.3 Å². The van der Waals surface area contributed by atoms with Crippen LogP contribution in [0.4, 0.5) is 10.1 Å². The van der Waals surface area contributed by atoms with E-state index in [9.17, 15) is 4.39 Å². The number of hydrogen-bond acceptors (Lipinski definition) is 2. The van der Waals surface area contributed by atoms with Crippen LogP contribution in [0.25, 0.3) is 22.4 Å². The minimum absolute atomic E-state index is 0.340. The van der Waals surface area contributed by atoms with Crippen LogP contribution in [0.5, 0.6) is 0 Å². The van der Waals surface area contributed by atoms with E-state index in [1.807, 2.05) is 0 Å². The Morgan fingerprint density at radius 3 is 2.74 bits per heavy atom. The molecule has 0 amide bonds. The number of fused-ring (bicyclic) bond motifs is 1. The van der Waals surface area contributed by atoms with E-state index in [-0.39, 0.29) is 5.82 Å². The van der Waals surface area contributed by atoms with Crippen molar-refractivity contribution in [2.24, 2.45) is 0 Å². The van der Waals surface area contributed by atoms with E-state index in [1.54, 1.807) is 24.3 Å². The zero-order valence-corrected chi connectivity index (χ0v) is 11.9. The first-order valence-electron chi connectivity index (χ1n) is 5.44. The molecular formula is C13H8BrClFN3. The summed E-state index contributed by atoms with van der Waals surface area (Å²) in [5.41, 5.74) is 8.35. The fourth-order valence-electron chi connectivity index (χ4n) is 1.89. The quantitative estimate of drug-likeness (QED) is 0.646. The van der Waals surface area contributed by atoms with Crippen molar-refractivity contribution in [3.05, 3.63) is 45.6 Å². The molecule has 0 aliphatic rings. The lowest BCUT2D eigenvalue weighted by Gasteiger charge is -2.00. The molecule has 0 spiro atoms. The average molecular weight is 341 g/mol. The Bertz CT molecular complexity index is 726. The second kappa shape index (κ2) is 4.51. The van der Waals surface area contributed by atoms with E-state index in [4.69, 9.17) is 17.3 Å². The maximum atomic E-state index is 13.5. The molecule has 1 heterocycles. The molecule has 96 valence electrons. The minimum atomic E-state index is -0.340. The summed E-state index contributed by atoms with van der Waals surface area (Å²) in [6.45, 7) is 0. The topological polar surface area (TPSA) is 54.7 Å². The number of nitrogens with zero attached hydrogens (tertiary/aromatic N) is 1. The Kier molecular flexibility index (Phi) is 2.95. The summed E-state index contributed by atoms with van der Waals surface area (Å²) in [4.78, 5) is 7.45.